The summed E-state index contributed by atoms with van der Waals surface area (Å²) in [5.74, 6) is 0.0476. The number of aliphatic hydroxyl groups excluding tert-OH is 1. The van der Waals surface area contributed by atoms with Gasteiger partial charge in [-0.3, -0.25) is 4.79 Å². The number of fused-ring (bicyclic) bond motifs is 1. The molecule has 3 atom stereocenters. The Morgan fingerprint density at radius 3 is 2.67 bits per heavy atom. The first-order chi connectivity index (χ1) is 18.9. The van der Waals surface area contributed by atoms with Gasteiger partial charge in [-0.15, -0.1) is 11.3 Å². The Bertz CT molecular complexity index is 1450. The van der Waals surface area contributed by atoms with Crippen molar-refractivity contribution >= 4 is 44.7 Å². The molecule has 0 saturated heterocycles. The quantitative estimate of drug-likeness (QED) is 0.359. The summed E-state index contributed by atoms with van der Waals surface area (Å²) in [5, 5.41) is 20.8. The molecule has 12 nitrogen and oxygen atoms in total. The summed E-state index contributed by atoms with van der Waals surface area (Å²) < 4.78 is 39.0. The largest absolute Gasteiger partial charge is 0.488 e. The number of anilines is 2. The predicted octanol–water partition coefficient (Wildman–Crippen LogP) is 3.54. The number of nitrogens with one attached hydrogen (secondary N) is 2. The minimum absolute atomic E-state index is 0.0379. The molecule has 0 aliphatic carbocycles. The highest BCUT2D eigenvalue weighted by Gasteiger charge is 2.35. The number of hydrogen-bond donors (Lipinski definition) is 3. The molecule has 14 heteroatoms. The number of hydrogen-bond acceptors (Lipinski definition) is 9. The van der Waals surface area contributed by atoms with Gasteiger partial charge in [-0.2, -0.15) is 4.31 Å². The zero-order chi connectivity index (χ0) is 29.2. The lowest BCUT2D eigenvalue weighted by Crippen LogP contribution is -2.50. The molecule has 0 fully saturated rings. The molecule has 3 amide bonds. The third-order valence-corrected chi connectivity index (χ3v) is 9.99. The molecule has 4 rings (SSSR count). The highest BCUT2D eigenvalue weighted by Crippen LogP contribution is 2.31. The summed E-state index contributed by atoms with van der Waals surface area (Å²) >= 11 is 1.13. The van der Waals surface area contributed by atoms with E-state index < -0.39 is 28.2 Å². The molecule has 1 aliphatic rings. The van der Waals surface area contributed by atoms with Gasteiger partial charge >= 0.3 is 6.03 Å². The van der Waals surface area contributed by atoms with E-state index in [1.807, 2.05) is 6.92 Å². The van der Waals surface area contributed by atoms with E-state index >= 15 is 0 Å². The van der Waals surface area contributed by atoms with Crippen LogP contribution in [0.15, 0.2) is 44.4 Å². The van der Waals surface area contributed by atoms with E-state index in [1.165, 1.54) is 17.4 Å². The monoisotopic (exact) mass is 591 g/mol. The van der Waals surface area contributed by atoms with Crippen LogP contribution in [0.1, 0.15) is 35.7 Å². The van der Waals surface area contributed by atoms with E-state index in [0.29, 0.717) is 22.8 Å². The van der Waals surface area contributed by atoms with Gasteiger partial charge in [0, 0.05) is 25.2 Å². The van der Waals surface area contributed by atoms with Crippen molar-refractivity contribution in [1.29, 1.82) is 0 Å². The van der Waals surface area contributed by atoms with Gasteiger partial charge in [0.05, 0.1) is 24.8 Å². The Morgan fingerprint density at radius 2 is 2.05 bits per heavy atom. The first-order valence-corrected chi connectivity index (χ1v) is 15.0. The SMILES string of the molecule is Cc1noc(C)c1NC(=O)Nc1ccc2c(c1)C(=O)N([C@@H](C)CO)C[C@H](C)[C@H](CN(C)S(=O)(=O)c1cccs1)O2. The van der Waals surface area contributed by atoms with E-state index in [1.54, 1.807) is 55.3 Å². The molecular weight excluding hydrogens is 558 g/mol. The fraction of sp³-hybridized carbons (Fsp3) is 0.423. The van der Waals surface area contributed by atoms with Crippen molar-refractivity contribution in [2.45, 2.75) is 44.0 Å². The summed E-state index contributed by atoms with van der Waals surface area (Å²) in [4.78, 5) is 27.9. The van der Waals surface area contributed by atoms with Crippen LogP contribution in [-0.2, 0) is 10.0 Å². The second-order valence-electron chi connectivity index (χ2n) is 9.83. The lowest BCUT2D eigenvalue weighted by molar-refractivity contribution is 0.0387. The van der Waals surface area contributed by atoms with Crippen LogP contribution < -0.4 is 15.4 Å². The van der Waals surface area contributed by atoms with Crippen LogP contribution in [0, 0.1) is 19.8 Å². The maximum atomic E-state index is 13.6. The maximum Gasteiger partial charge on any atom is 0.323 e. The number of rotatable bonds is 8. The summed E-state index contributed by atoms with van der Waals surface area (Å²) in [6, 6.07) is 6.83. The van der Waals surface area contributed by atoms with Crippen LogP contribution in [0.5, 0.6) is 5.75 Å². The van der Waals surface area contributed by atoms with Gasteiger partial charge in [-0.05, 0) is 50.4 Å². The average molecular weight is 592 g/mol. The molecule has 0 spiro atoms. The van der Waals surface area contributed by atoms with Crippen molar-refractivity contribution in [3.05, 3.63) is 52.7 Å². The van der Waals surface area contributed by atoms with Gasteiger partial charge < -0.3 is 29.9 Å². The fourth-order valence-electron chi connectivity index (χ4n) is 4.37. The van der Waals surface area contributed by atoms with Gasteiger partial charge in [-0.1, -0.05) is 18.1 Å². The van der Waals surface area contributed by atoms with E-state index in [9.17, 15) is 23.1 Å². The van der Waals surface area contributed by atoms with Crippen LogP contribution >= 0.6 is 11.3 Å². The van der Waals surface area contributed by atoms with Crippen molar-refractivity contribution < 1.29 is 32.4 Å². The predicted molar refractivity (Wildman–Crippen MR) is 150 cm³/mol. The number of aliphatic hydroxyl groups is 1. The Balaban J connectivity index is 1.62. The molecule has 0 unspecified atom stereocenters. The topological polar surface area (TPSA) is 154 Å². The Morgan fingerprint density at radius 1 is 1.30 bits per heavy atom. The first kappa shape index (κ1) is 29.5. The number of sulfonamides is 1. The molecule has 3 aromatic rings. The number of carbonyl (C=O) groups is 2. The van der Waals surface area contributed by atoms with Crippen LogP contribution in [0.2, 0.25) is 0 Å². The third kappa shape index (κ3) is 6.14. The number of thiophene rings is 1. The van der Waals surface area contributed by atoms with Crippen LogP contribution in [0.3, 0.4) is 0 Å². The van der Waals surface area contributed by atoms with Crippen LogP contribution in [0.4, 0.5) is 16.2 Å². The van der Waals surface area contributed by atoms with Crippen LogP contribution in [-0.4, -0.2) is 78.7 Å². The molecule has 1 aliphatic heterocycles. The van der Waals surface area contributed by atoms with Crippen molar-refractivity contribution in [1.82, 2.24) is 14.4 Å². The summed E-state index contributed by atoms with van der Waals surface area (Å²) in [6.07, 6.45) is -0.610. The number of ether oxygens (including phenoxy) is 1. The number of likely N-dealkylation sites (N-methyl/N-ethyl adjacent to an activating group) is 1. The van der Waals surface area contributed by atoms with Gasteiger partial charge in [0.2, 0.25) is 0 Å². The summed E-state index contributed by atoms with van der Waals surface area (Å²) in [5.41, 5.74) is 1.48. The molecule has 0 saturated carbocycles. The van der Waals surface area contributed by atoms with Gasteiger partial charge in [0.25, 0.3) is 15.9 Å². The number of aromatic nitrogens is 1. The zero-order valence-electron chi connectivity index (χ0n) is 22.9. The fourth-order valence-corrected chi connectivity index (χ4v) is 6.75. The Labute approximate surface area is 237 Å². The standard InChI is InChI=1S/C26H33N5O7S2/c1-15-12-31(16(2)14-32)25(33)20-11-19(27-26(34)28-24-17(3)29-38-18(24)4)8-9-21(20)37-22(15)13-30(5)40(35,36)23-7-6-10-39-23/h6-11,15-16,22,32H,12-14H2,1-5H3,(H2,27,28,34)/t15-,16-,22-/m0/s1. The van der Waals surface area contributed by atoms with E-state index in [0.717, 1.165) is 11.3 Å². The van der Waals surface area contributed by atoms with Gasteiger partial charge in [0.15, 0.2) is 5.76 Å². The summed E-state index contributed by atoms with van der Waals surface area (Å²) in [7, 11) is -2.23. The van der Waals surface area contributed by atoms with E-state index in [-0.39, 0.29) is 47.0 Å². The zero-order valence-corrected chi connectivity index (χ0v) is 24.5. The summed E-state index contributed by atoms with van der Waals surface area (Å²) in [6.45, 7) is 6.98. The molecule has 0 radical (unpaired) electrons. The third-order valence-electron chi connectivity index (χ3n) is 6.79. The van der Waals surface area contributed by atoms with Crippen molar-refractivity contribution in [3.63, 3.8) is 0 Å². The second-order valence-corrected chi connectivity index (χ2v) is 13.0. The number of benzene rings is 1. The number of aryl methyl sites for hydroxylation is 2. The molecule has 3 heterocycles. The van der Waals surface area contributed by atoms with E-state index in [4.69, 9.17) is 9.26 Å². The highest BCUT2D eigenvalue weighted by atomic mass is 32.2. The Kier molecular flexibility index (Phi) is 8.83. The highest BCUT2D eigenvalue weighted by molar-refractivity contribution is 7.91. The Hall–Kier alpha value is -3.46. The molecule has 216 valence electrons. The second kappa shape index (κ2) is 12.0. The molecular formula is C26H33N5O7S2. The van der Waals surface area contributed by atoms with Crippen molar-refractivity contribution in [2.24, 2.45) is 5.92 Å². The average Bonchev–Trinajstić information content (AvgIpc) is 3.57. The number of carbonyl (C=O) groups excluding carboxylic acids is 2. The van der Waals surface area contributed by atoms with Gasteiger partial charge in [0.1, 0.15) is 27.4 Å². The molecule has 40 heavy (non-hydrogen) atoms. The molecule has 0 bridgehead atoms. The molecule has 3 N–H and O–H groups in total. The van der Waals surface area contributed by atoms with Crippen molar-refractivity contribution in [2.75, 3.05) is 37.4 Å². The van der Waals surface area contributed by atoms with Crippen LogP contribution in [0.25, 0.3) is 0 Å². The normalized spacial score (nSPS) is 18.5. The molecule has 1 aromatic carbocycles. The minimum atomic E-state index is -3.72. The lowest BCUT2D eigenvalue weighted by atomic mass is 9.99. The smallest absolute Gasteiger partial charge is 0.323 e. The number of nitrogens with zero attached hydrogens (tertiary/aromatic N) is 3. The van der Waals surface area contributed by atoms with Gasteiger partial charge in [-0.25, -0.2) is 13.2 Å². The maximum absolute atomic E-state index is 13.6. The number of amides is 3. The minimum Gasteiger partial charge on any atom is -0.488 e. The van der Waals surface area contributed by atoms with Crippen molar-refractivity contribution in [3.8, 4) is 5.75 Å². The first-order valence-electron chi connectivity index (χ1n) is 12.7. The number of urea groups is 1. The lowest BCUT2D eigenvalue weighted by Gasteiger charge is -2.38. The van der Waals surface area contributed by atoms with E-state index in [2.05, 4.69) is 15.8 Å². The molecule has 2 aromatic heterocycles.